The van der Waals surface area contributed by atoms with Crippen LogP contribution >= 0.6 is 0 Å². The van der Waals surface area contributed by atoms with Gasteiger partial charge in [0.15, 0.2) is 9.84 Å². The van der Waals surface area contributed by atoms with Gasteiger partial charge in [0.1, 0.15) is 5.75 Å². The predicted molar refractivity (Wildman–Crippen MR) is 67.1 cm³/mol. The van der Waals surface area contributed by atoms with E-state index in [1.807, 2.05) is 24.3 Å². The number of methoxy groups -OCH3 is 1. The van der Waals surface area contributed by atoms with Gasteiger partial charge in [0.25, 0.3) is 0 Å². The van der Waals surface area contributed by atoms with Gasteiger partial charge in [-0.05, 0) is 24.1 Å². The number of rotatable bonds is 3. The van der Waals surface area contributed by atoms with E-state index in [2.05, 4.69) is 5.32 Å². The van der Waals surface area contributed by atoms with Crippen LogP contribution in [0.4, 0.5) is 0 Å². The van der Waals surface area contributed by atoms with E-state index in [4.69, 9.17) is 4.74 Å². The van der Waals surface area contributed by atoms with Crippen molar-refractivity contribution in [3.8, 4) is 5.75 Å². The minimum absolute atomic E-state index is 0.238. The average molecular weight is 255 g/mol. The van der Waals surface area contributed by atoms with Crippen LogP contribution in [0, 0.1) is 0 Å². The van der Waals surface area contributed by atoms with Crippen molar-refractivity contribution in [2.24, 2.45) is 0 Å². The molecule has 0 spiro atoms. The molecule has 1 aromatic carbocycles. The van der Waals surface area contributed by atoms with Gasteiger partial charge in [0.05, 0.1) is 18.1 Å². The van der Waals surface area contributed by atoms with Crippen LogP contribution in [0.3, 0.4) is 0 Å². The molecular weight excluding hydrogens is 238 g/mol. The van der Waals surface area contributed by atoms with Gasteiger partial charge in [-0.15, -0.1) is 0 Å². The Bertz CT molecular complexity index is 484. The van der Waals surface area contributed by atoms with Crippen LogP contribution in [-0.4, -0.2) is 39.6 Å². The molecule has 1 aliphatic rings. The van der Waals surface area contributed by atoms with E-state index >= 15 is 0 Å². The maximum Gasteiger partial charge on any atom is 0.155 e. The molecule has 0 radical (unpaired) electrons. The lowest BCUT2D eigenvalue weighted by Crippen LogP contribution is -2.44. The number of hydrogen-bond acceptors (Lipinski definition) is 4. The minimum Gasteiger partial charge on any atom is -0.497 e. The first-order valence-corrected chi connectivity index (χ1v) is 7.38. The molecule has 1 atom stereocenters. The summed E-state index contributed by atoms with van der Waals surface area (Å²) < 4.78 is 28.9. The van der Waals surface area contributed by atoms with Crippen LogP contribution in [-0.2, 0) is 16.3 Å². The van der Waals surface area contributed by atoms with Crippen LogP contribution in [0.15, 0.2) is 24.3 Å². The molecule has 1 aromatic rings. The Hall–Kier alpha value is -1.07. The molecule has 1 saturated heterocycles. The molecule has 5 heteroatoms. The van der Waals surface area contributed by atoms with Gasteiger partial charge in [-0.1, -0.05) is 12.1 Å². The molecule has 0 amide bonds. The zero-order valence-electron chi connectivity index (χ0n) is 9.85. The van der Waals surface area contributed by atoms with Crippen molar-refractivity contribution >= 4 is 9.84 Å². The van der Waals surface area contributed by atoms with Crippen molar-refractivity contribution in [3.63, 3.8) is 0 Å². The predicted octanol–water partition coefficient (Wildman–Crippen LogP) is 0.624. The molecule has 1 heterocycles. The van der Waals surface area contributed by atoms with Crippen LogP contribution in [0.2, 0.25) is 0 Å². The second kappa shape index (κ2) is 5.06. The molecule has 1 fully saturated rings. The molecule has 2 rings (SSSR count). The smallest absolute Gasteiger partial charge is 0.155 e. The van der Waals surface area contributed by atoms with Crippen LogP contribution in [0.1, 0.15) is 5.56 Å². The van der Waals surface area contributed by atoms with Gasteiger partial charge >= 0.3 is 0 Å². The summed E-state index contributed by atoms with van der Waals surface area (Å²) in [5, 5.41) is 2.81. The van der Waals surface area contributed by atoms with E-state index in [1.165, 1.54) is 0 Å². The van der Waals surface area contributed by atoms with Crippen LogP contribution < -0.4 is 10.1 Å². The second-order valence-electron chi connectivity index (χ2n) is 4.25. The van der Waals surface area contributed by atoms with Gasteiger partial charge in [0.2, 0.25) is 0 Å². The molecule has 94 valence electrons. The normalized spacial score (nSPS) is 23.2. The van der Waals surface area contributed by atoms with Gasteiger partial charge < -0.3 is 10.1 Å². The number of sulfone groups is 1. The fourth-order valence-electron chi connectivity index (χ4n) is 2.03. The Morgan fingerprint density at radius 1 is 1.47 bits per heavy atom. The minimum atomic E-state index is -2.94. The first-order valence-electron chi connectivity index (χ1n) is 5.67. The van der Waals surface area contributed by atoms with E-state index < -0.39 is 9.84 Å². The van der Waals surface area contributed by atoms with Crippen molar-refractivity contribution in [2.45, 2.75) is 11.7 Å². The second-order valence-corrected chi connectivity index (χ2v) is 6.65. The highest BCUT2D eigenvalue weighted by Crippen LogP contribution is 2.17. The zero-order chi connectivity index (χ0) is 12.3. The zero-order valence-corrected chi connectivity index (χ0v) is 10.7. The van der Waals surface area contributed by atoms with Gasteiger partial charge in [-0.2, -0.15) is 0 Å². The van der Waals surface area contributed by atoms with Crippen LogP contribution in [0.25, 0.3) is 0 Å². The lowest BCUT2D eigenvalue weighted by atomic mass is 10.1. The summed E-state index contributed by atoms with van der Waals surface area (Å²) in [7, 11) is -1.34. The number of ether oxygens (including phenoxy) is 1. The molecule has 4 nitrogen and oxygen atoms in total. The Balaban J connectivity index is 2.14. The Morgan fingerprint density at radius 3 is 3.00 bits per heavy atom. The molecular formula is C12H17NO3S. The van der Waals surface area contributed by atoms with Crippen molar-refractivity contribution in [1.82, 2.24) is 5.32 Å². The van der Waals surface area contributed by atoms with E-state index in [0.29, 0.717) is 19.5 Å². The van der Waals surface area contributed by atoms with E-state index in [0.717, 1.165) is 11.3 Å². The monoisotopic (exact) mass is 255 g/mol. The lowest BCUT2D eigenvalue weighted by molar-refractivity contribution is 0.414. The topological polar surface area (TPSA) is 55.4 Å². The Kier molecular flexibility index (Phi) is 3.69. The number of nitrogens with one attached hydrogen (secondary N) is 1. The van der Waals surface area contributed by atoms with Crippen molar-refractivity contribution in [3.05, 3.63) is 29.8 Å². The van der Waals surface area contributed by atoms with Crippen molar-refractivity contribution in [2.75, 3.05) is 26.0 Å². The SMILES string of the molecule is COc1cccc(CC2CNCCS2(=O)=O)c1. The molecule has 0 aromatic heterocycles. The Labute approximate surface area is 102 Å². The molecule has 0 saturated carbocycles. The third-order valence-electron chi connectivity index (χ3n) is 3.04. The average Bonchev–Trinajstić information content (AvgIpc) is 2.32. The maximum atomic E-state index is 11.9. The first-order chi connectivity index (χ1) is 8.12. The lowest BCUT2D eigenvalue weighted by Gasteiger charge is -2.23. The largest absolute Gasteiger partial charge is 0.497 e. The molecule has 0 bridgehead atoms. The quantitative estimate of drug-likeness (QED) is 0.860. The first kappa shape index (κ1) is 12.4. The third kappa shape index (κ3) is 2.98. The van der Waals surface area contributed by atoms with E-state index in [-0.39, 0.29) is 11.0 Å². The highest BCUT2D eigenvalue weighted by molar-refractivity contribution is 7.92. The van der Waals surface area contributed by atoms with Gasteiger partial charge in [-0.3, -0.25) is 0 Å². The van der Waals surface area contributed by atoms with Crippen molar-refractivity contribution in [1.29, 1.82) is 0 Å². The third-order valence-corrected chi connectivity index (χ3v) is 5.16. The molecule has 1 unspecified atom stereocenters. The van der Waals surface area contributed by atoms with E-state index in [1.54, 1.807) is 7.11 Å². The number of benzene rings is 1. The standard InChI is InChI=1S/C12H17NO3S/c1-16-11-4-2-3-10(7-11)8-12-9-13-5-6-17(12,14)15/h2-4,7,12-13H,5-6,8-9H2,1H3. The summed E-state index contributed by atoms with van der Waals surface area (Å²) in [6.07, 6.45) is 0.548. The fourth-order valence-corrected chi connectivity index (χ4v) is 3.61. The summed E-state index contributed by atoms with van der Waals surface area (Å²) in [4.78, 5) is 0. The van der Waals surface area contributed by atoms with E-state index in [9.17, 15) is 8.42 Å². The molecule has 1 aliphatic heterocycles. The fraction of sp³-hybridized carbons (Fsp3) is 0.500. The summed E-state index contributed by atoms with van der Waals surface area (Å²) in [5.74, 6) is 1.01. The highest BCUT2D eigenvalue weighted by Gasteiger charge is 2.28. The van der Waals surface area contributed by atoms with Gasteiger partial charge in [0, 0.05) is 13.1 Å². The Morgan fingerprint density at radius 2 is 2.29 bits per heavy atom. The molecule has 0 aliphatic carbocycles. The van der Waals surface area contributed by atoms with Gasteiger partial charge in [-0.25, -0.2) is 8.42 Å². The van der Waals surface area contributed by atoms with Crippen molar-refractivity contribution < 1.29 is 13.2 Å². The maximum absolute atomic E-state index is 11.9. The highest BCUT2D eigenvalue weighted by atomic mass is 32.2. The summed E-state index contributed by atoms with van der Waals surface area (Å²) in [5.41, 5.74) is 1.00. The summed E-state index contributed by atoms with van der Waals surface area (Å²) >= 11 is 0. The van der Waals surface area contributed by atoms with Crippen LogP contribution in [0.5, 0.6) is 5.75 Å². The summed E-state index contributed by atoms with van der Waals surface area (Å²) in [6.45, 7) is 1.11. The molecule has 1 N–H and O–H groups in total. The number of hydrogen-bond donors (Lipinski definition) is 1. The summed E-state index contributed by atoms with van der Waals surface area (Å²) in [6, 6.07) is 7.57. The molecule has 17 heavy (non-hydrogen) atoms.